The summed E-state index contributed by atoms with van der Waals surface area (Å²) in [5, 5.41) is 22.0. The number of anilines is 1. The predicted octanol–water partition coefficient (Wildman–Crippen LogP) is 4.40. The van der Waals surface area contributed by atoms with Gasteiger partial charge in [-0.15, -0.1) is 10.2 Å². The van der Waals surface area contributed by atoms with Gasteiger partial charge in [0.1, 0.15) is 11.5 Å². The lowest BCUT2D eigenvalue weighted by Crippen LogP contribution is -2.11. The first-order valence-electron chi connectivity index (χ1n) is 10.5. The molecule has 164 valence electrons. The molecule has 8 heteroatoms. The maximum atomic E-state index is 13.2. The van der Waals surface area contributed by atoms with Crippen LogP contribution >= 0.6 is 0 Å². The van der Waals surface area contributed by atoms with Gasteiger partial charge in [-0.1, -0.05) is 19.1 Å². The summed E-state index contributed by atoms with van der Waals surface area (Å²) in [5.74, 6) is 0.421. The van der Waals surface area contributed by atoms with Crippen molar-refractivity contribution in [2.45, 2.75) is 39.8 Å². The molecule has 0 aliphatic rings. The molecule has 0 fully saturated rings. The van der Waals surface area contributed by atoms with Crippen LogP contribution in [0.4, 0.5) is 10.2 Å². The lowest BCUT2D eigenvalue weighted by molar-refractivity contribution is 0.276. The SMILES string of the molecule is CCc1cc(-c2ccc(-n3cnc(C)c3)c(CO)n2)nnc1N[C@@H](C)c1ccc(F)cc1. The fraction of sp³-hybridized carbons (Fsp3) is 0.250. The van der Waals surface area contributed by atoms with Crippen LogP contribution in [0.1, 0.15) is 42.4 Å². The number of aryl methyl sites for hydroxylation is 2. The number of nitrogens with one attached hydrogen (secondary N) is 1. The third-order valence-corrected chi connectivity index (χ3v) is 5.33. The minimum atomic E-state index is -0.261. The number of aliphatic hydroxyl groups excluding tert-OH is 1. The minimum absolute atomic E-state index is 0.0573. The Labute approximate surface area is 186 Å². The van der Waals surface area contributed by atoms with E-state index in [0.29, 0.717) is 22.9 Å². The summed E-state index contributed by atoms with van der Waals surface area (Å²) in [6.45, 7) is 5.74. The molecule has 4 rings (SSSR count). The molecule has 0 aliphatic heterocycles. The maximum absolute atomic E-state index is 13.2. The van der Waals surface area contributed by atoms with Crippen LogP contribution in [0.2, 0.25) is 0 Å². The lowest BCUT2D eigenvalue weighted by Gasteiger charge is -2.17. The van der Waals surface area contributed by atoms with Crippen LogP contribution in [-0.2, 0) is 13.0 Å². The Balaban J connectivity index is 1.61. The minimum Gasteiger partial charge on any atom is -0.390 e. The number of pyridine rings is 1. The van der Waals surface area contributed by atoms with Gasteiger partial charge in [-0.3, -0.25) is 0 Å². The second-order valence-corrected chi connectivity index (χ2v) is 7.62. The zero-order chi connectivity index (χ0) is 22.7. The van der Waals surface area contributed by atoms with Gasteiger partial charge in [-0.2, -0.15) is 0 Å². The lowest BCUT2D eigenvalue weighted by atomic mass is 10.1. The highest BCUT2D eigenvalue weighted by Crippen LogP contribution is 2.25. The first kappa shape index (κ1) is 21.6. The molecule has 3 heterocycles. The number of aliphatic hydroxyl groups is 1. The molecule has 7 nitrogen and oxygen atoms in total. The largest absolute Gasteiger partial charge is 0.390 e. The zero-order valence-corrected chi connectivity index (χ0v) is 18.2. The molecule has 1 atom stereocenters. The van der Waals surface area contributed by atoms with Crippen LogP contribution < -0.4 is 5.32 Å². The zero-order valence-electron chi connectivity index (χ0n) is 18.2. The van der Waals surface area contributed by atoms with E-state index < -0.39 is 0 Å². The molecule has 0 saturated heterocycles. The van der Waals surface area contributed by atoms with E-state index in [0.717, 1.165) is 28.9 Å². The monoisotopic (exact) mass is 432 g/mol. The van der Waals surface area contributed by atoms with Gasteiger partial charge in [0.2, 0.25) is 0 Å². The normalized spacial score (nSPS) is 12.0. The molecule has 0 amide bonds. The van der Waals surface area contributed by atoms with E-state index in [-0.39, 0.29) is 18.5 Å². The number of benzene rings is 1. The van der Waals surface area contributed by atoms with Gasteiger partial charge in [0.25, 0.3) is 0 Å². The number of halogens is 1. The first-order valence-corrected chi connectivity index (χ1v) is 10.5. The Morgan fingerprint density at radius 3 is 2.53 bits per heavy atom. The number of rotatable bonds is 7. The highest BCUT2D eigenvalue weighted by Gasteiger charge is 2.14. The van der Waals surface area contributed by atoms with Crippen molar-refractivity contribution >= 4 is 5.82 Å². The molecular formula is C24H25FN6O. The van der Waals surface area contributed by atoms with Crippen LogP contribution in [0.5, 0.6) is 0 Å². The fourth-order valence-corrected chi connectivity index (χ4v) is 3.53. The van der Waals surface area contributed by atoms with Crippen molar-refractivity contribution in [2.75, 3.05) is 5.32 Å². The quantitative estimate of drug-likeness (QED) is 0.450. The molecule has 3 aromatic heterocycles. The van der Waals surface area contributed by atoms with Crippen molar-refractivity contribution in [3.63, 3.8) is 0 Å². The fourth-order valence-electron chi connectivity index (χ4n) is 3.53. The Hall–Kier alpha value is -3.65. The Kier molecular flexibility index (Phi) is 6.23. The molecular weight excluding hydrogens is 407 g/mol. The number of hydrogen-bond donors (Lipinski definition) is 2. The molecule has 0 unspecified atom stereocenters. The van der Waals surface area contributed by atoms with Gasteiger partial charge < -0.3 is 15.0 Å². The Morgan fingerprint density at radius 1 is 1.09 bits per heavy atom. The average Bonchev–Trinajstić information content (AvgIpc) is 3.25. The number of imidazole rings is 1. The van der Waals surface area contributed by atoms with Crippen LogP contribution in [0.15, 0.2) is 55.0 Å². The highest BCUT2D eigenvalue weighted by molar-refractivity contribution is 5.60. The number of aromatic nitrogens is 5. The molecule has 4 aromatic rings. The van der Waals surface area contributed by atoms with Crippen molar-refractivity contribution in [3.8, 4) is 17.1 Å². The van der Waals surface area contributed by atoms with Gasteiger partial charge in [-0.05, 0) is 61.7 Å². The van der Waals surface area contributed by atoms with Crippen LogP contribution in [-0.4, -0.2) is 29.8 Å². The topological polar surface area (TPSA) is 88.8 Å². The summed E-state index contributed by atoms with van der Waals surface area (Å²) < 4.78 is 15.0. The standard InChI is InChI=1S/C24H25FN6O/c1-4-17-11-21(29-30-24(17)27-16(3)18-5-7-19(25)8-6-18)20-9-10-23(22(13-32)28-20)31-12-15(2)26-14-31/h5-12,14,16,32H,4,13H2,1-3H3,(H,27,30)/t16-/m0/s1. The van der Waals surface area contributed by atoms with E-state index in [1.807, 2.05) is 49.7 Å². The van der Waals surface area contributed by atoms with Crippen LogP contribution in [0.3, 0.4) is 0 Å². The van der Waals surface area contributed by atoms with Gasteiger partial charge in [-0.25, -0.2) is 14.4 Å². The van der Waals surface area contributed by atoms with E-state index in [1.165, 1.54) is 12.1 Å². The van der Waals surface area contributed by atoms with E-state index in [4.69, 9.17) is 0 Å². The Bertz CT molecular complexity index is 1220. The van der Waals surface area contributed by atoms with Crippen molar-refractivity contribution < 1.29 is 9.50 Å². The molecule has 2 N–H and O–H groups in total. The summed E-state index contributed by atoms with van der Waals surface area (Å²) in [5.41, 5.74) is 5.40. The van der Waals surface area contributed by atoms with Gasteiger partial charge in [0.15, 0.2) is 5.82 Å². The molecule has 0 radical (unpaired) electrons. The number of hydrogen-bond acceptors (Lipinski definition) is 6. The van der Waals surface area contributed by atoms with E-state index in [9.17, 15) is 9.50 Å². The molecule has 0 spiro atoms. The summed E-state index contributed by atoms with van der Waals surface area (Å²) >= 11 is 0. The summed E-state index contributed by atoms with van der Waals surface area (Å²) in [4.78, 5) is 8.85. The third kappa shape index (κ3) is 4.50. The molecule has 1 aromatic carbocycles. The van der Waals surface area contributed by atoms with E-state index in [1.54, 1.807) is 18.5 Å². The smallest absolute Gasteiger partial charge is 0.152 e. The predicted molar refractivity (Wildman–Crippen MR) is 121 cm³/mol. The summed E-state index contributed by atoms with van der Waals surface area (Å²) in [6.07, 6.45) is 4.33. The second kappa shape index (κ2) is 9.23. The Morgan fingerprint density at radius 2 is 1.88 bits per heavy atom. The maximum Gasteiger partial charge on any atom is 0.152 e. The number of nitrogens with zero attached hydrogens (tertiary/aromatic N) is 5. The second-order valence-electron chi connectivity index (χ2n) is 7.62. The first-order chi connectivity index (χ1) is 15.5. The van der Waals surface area contributed by atoms with Crippen molar-refractivity contribution in [2.24, 2.45) is 0 Å². The average molecular weight is 433 g/mol. The molecule has 0 saturated carbocycles. The van der Waals surface area contributed by atoms with Gasteiger partial charge >= 0.3 is 0 Å². The van der Waals surface area contributed by atoms with Crippen molar-refractivity contribution in [1.82, 2.24) is 24.7 Å². The van der Waals surface area contributed by atoms with E-state index in [2.05, 4.69) is 25.5 Å². The van der Waals surface area contributed by atoms with Crippen molar-refractivity contribution in [3.05, 3.63) is 83.3 Å². The van der Waals surface area contributed by atoms with Crippen molar-refractivity contribution in [1.29, 1.82) is 0 Å². The van der Waals surface area contributed by atoms with Crippen LogP contribution in [0, 0.1) is 12.7 Å². The van der Waals surface area contributed by atoms with E-state index >= 15 is 0 Å². The van der Waals surface area contributed by atoms with Gasteiger partial charge in [0, 0.05) is 6.20 Å². The third-order valence-electron chi connectivity index (χ3n) is 5.33. The van der Waals surface area contributed by atoms with Crippen LogP contribution in [0.25, 0.3) is 17.1 Å². The molecule has 0 bridgehead atoms. The van der Waals surface area contributed by atoms with Gasteiger partial charge in [0.05, 0.1) is 41.7 Å². The highest BCUT2D eigenvalue weighted by atomic mass is 19.1. The summed E-state index contributed by atoms with van der Waals surface area (Å²) in [7, 11) is 0. The molecule has 32 heavy (non-hydrogen) atoms. The summed E-state index contributed by atoms with van der Waals surface area (Å²) in [6, 6.07) is 12.1. The molecule has 0 aliphatic carbocycles.